The molecular formula is C19H23N7O4. The van der Waals surface area contributed by atoms with Crippen LogP contribution in [0, 0.1) is 0 Å². The molecule has 0 saturated carbocycles. The quantitative estimate of drug-likeness (QED) is 0.329. The van der Waals surface area contributed by atoms with E-state index in [1.165, 1.54) is 17.2 Å². The number of ether oxygens (including phenoxy) is 1. The number of imidazole rings is 1. The third kappa shape index (κ3) is 3.71. The highest BCUT2D eigenvalue weighted by atomic mass is 16.5. The summed E-state index contributed by atoms with van der Waals surface area (Å²) in [6.45, 7) is -0.407. The van der Waals surface area contributed by atoms with Gasteiger partial charge >= 0.3 is 0 Å². The molecular weight excluding hydrogens is 390 g/mol. The largest absolute Gasteiger partial charge is 0.394 e. The van der Waals surface area contributed by atoms with E-state index in [4.69, 9.17) is 16.2 Å². The maximum Gasteiger partial charge on any atom is 0.237 e. The summed E-state index contributed by atoms with van der Waals surface area (Å²) >= 11 is 0. The molecule has 0 unspecified atom stereocenters. The van der Waals surface area contributed by atoms with Gasteiger partial charge in [-0.15, -0.1) is 0 Å². The van der Waals surface area contributed by atoms with Crippen molar-refractivity contribution >= 4 is 22.9 Å². The van der Waals surface area contributed by atoms with Gasteiger partial charge < -0.3 is 31.7 Å². The van der Waals surface area contributed by atoms with Crippen LogP contribution in [0.15, 0.2) is 43.0 Å². The Hall–Kier alpha value is -3.12. The number of anilines is 1. The zero-order valence-electron chi connectivity index (χ0n) is 16.0. The number of fused-ring (bicyclic) bond motifs is 1. The first-order chi connectivity index (χ1) is 14.5. The maximum atomic E-state index is 12.6. The Morgan fingerprint density at radius 2 is 2.03 bits per heavy atom. The normalized spacial score (nSPS) is 24.8. The van der Waals surface area contributed by atoms with Crippen molar-refractivity contribution < 1.29 is 19.7 Å². The van der Waals surface area contributed by atoms with E-state index in [2.05, 4.69) is 20.3 Å². The lowest BCUT2D eigenvalue weighted by Crippen LogP contribution is -2.53. The van der Waals surface area contributed by atoms with Gasteiger partial charge in [0, 0.05) is 0 Å². The highest BCUT2D eigenvalue weighted by Crippen LogP contribution is 2.32. The van der Waals surface area contributed by atoms with Crippen molar-refractivity contribution in [2.24, 2.45) is 5.73 Å². The molecule has 1 amide bonds. The monoisotopic (exact) mass is 413 g/mol. The number of amides is 1. The number of aliphatic hydroxyl groups excluding tert-OH is 2. The summed E-state index contributed by atoms with van der Waals surface area (Å²) in [4.78, 5) is 24.8. The van der Waals surface area contributed by atoms with Crippen LogP contribution in [0.3, 0.4) is 0 Å². The molecule has 0 radical (unpaired) electrons. The molecule has 0 spiro atoms. The number of carbonyl (C=O) groups excluding carboxylic acids is 1. The molecule has 1 aliphatic heterocycles. The zero-order chi connectivity index (χ0) is 21.3. The number of nitrogens with two attached hydrogens (primary N) is 2. The first-order valence-electron chi connectivity index (χ1n) is 9.47. The molecule has 2 aromatic heterocycles. The van der Waals surface area contributed by atoms with Crippen LogP contribution in [-0.2, 0) is 16.0 Å². The van der Waals surface area contributed by atoms with E-state index >= 15 is 0 Å². The Morgan fingerprint density at radius 3 is 2.77 bits per heavy atom. The Morgan fingerprint density at radius 1 is 1.27 bits per heavy atom. The number of carbonyl (C=O) groups is 1. The van der Waals surface area contributed by atoms with Crippen LogP contribution in [0.4, 0.5) is 5.82 Å². The predicted molar refractivity (Wildman–Crippen MR) is 107 cm³/mol. The molecule has 1 aliphatic rings. The number of hydrogen-bond donors (Lipinski definition) is 5. The molecule has 1 saturated heterocycles. The van der Waals surface area contributed by atoms with Crippen molar-refractivity contribution in [1.29, 1.82) is 0 Å². The van der Waals surface area contributed by atoms with Gasteiger partial charge in [0.2, 0.25) is 5.91 Å². The number of aliphatic hydroxyl groups is 2. The molecule has 0 bridgehead atoms. The van der Waals surface area contributed by atoms with Crippen molar-refractivity contribution in [1.82, 2.24) is 24.8 Å². The maximum absolute atomic E-state index is 12.6. The zero-order valence-corrected chi connectivity index (χ0v) is 16.0. The average molecular weight is 413 g/mol. The lowest BCUT2D eigenvalue weighted by atomic mass is 10.0. The predicted octanol–water partition coefficient (Wildman–Crippen LogP) is -1.29. The average Bonchev–Trinajstić information content (AvgIpc) is 3.31. The van der Waals surface area contributed by atoms with E-state index in [9.17, 15) is 15.0 Å². The second-order valence-corrected chi connectivity index (χ2v) is 7.15. The van der Waals surface area contributed by atoms with Crippen LogP contribution in [-0.4, -0.2) is 66.5 Å². The first-order valence-corrected chi connectivity index (χ1v) is 9.47. The van der Waals surface area contributed by atoms with Crippen molar-refractivity contribution in [3.8, 4) is 0 Å². The number of nitrogens with one attached hydrogen (secondary N) is 1. The van der Waals surface area contributed by atoms with Crippen LogP contribution in [0.1, 0.15) is 11.8 Å². The SMILES string of the molecule is Nc1ncnc2c1ncn2[C@H]1O[C@@H](CO)[C@@H](NC(=O)[C@H](N)Cc2ccccc2)[C@H]1O. The molecule has 3 aromatic rings. The minimum absolute atomic E-state index is 0.196. The van der Waals surface area contributed by atoms with Gasteiger partial charge in [-0.3, -0.25) is 9.36 Å². The molecule has 30 heavy (non-hydrogen) atoms. The Balaban J connectivity index is 1.51. The van der Waals surface area contributed by atoms with E-state index in [-0.39, 0.29) is 5.82 Å². The molecule has 3 heterocycles. The number of nitrogen functional groups attached to an aromatic ring is 1. The Labute approximate surface area is 171 Å². The van der Waals surface area contributed by atoms with Crippen molar-refractivity contribution in [3.63, 3.8) is 0 Å². The van der Waals surface area contributed by atoms with Gasteiger partial charge in [0.05, 0.1) is 25.0 Å². The van der Waals surface area contributed by atoms with Crippen LogP contribution in [0.2, 0.25) is 0 Å². The van der Waals surface area contributed by atoms with E-state index in [1.807, 2.05) is 30.3 Å². The van der Waals surface area contributed by atoms with Crippen LogP contribution < -0.4 is 16.8 Å². The smallest absolute Gasteiger partial charge is 0.237 e. The highest BCUT2D eigenvalue weighted by molar-refractivity contribution is 5.82. The Bertz CT molecular complexity index is 1030. The van der Waals surface area contributed by atoms with Gasteiger partial charge in [-0.2, -0.15) is 0 Å². The van der Waals surface area contributed by atoms with E-state index in [1.54, 1.807) is 0 Å². The first kappa shape index (κ1) is 20.2. The van der Waals surface area contributed by atoms with E-state index in [0.717, 1.165) is 5.56 Å². The van der Waals surface area contributed by atoms with Gasteiger partial charge in [-0.05, 0) is 12.0 Å². The van der Waals surface area contributed by atoms with Gasteiger partial charge in [0.15, 0.2) is 17.7 Å². The van der Waals surface area contributed by atoms with Gasteiger partial charge in [-0.1, -0.05) is 30.3 Å². The van der Waals surface area contributed by atoms with Gasteiger partial charge in [0.25, 0.3) is 0 Å². The Kier molecular flexibility index (Phi) is 5.59. The fourth-order valence-corrected chi connectivity index (χ4v) is 3.59. The number of hydrogen-bond acceptors (Lipinski definition) is 9. The summed E-state index contributed by atoms with van der Waals surface area (Å²) < 4.78 is 7.29. The third-order valence-corrected chi connectivity index (χ3v) is 5.16. The van der Waals surface area contributed by atoms with Crippen LogP contribution in [0.25, 0.3) is 11.2 Å². The van der Waals surface area contributed by atoms with E-state index in [0.29, 0.717) is 17.6 Å². The van der Waals surface area contributed by atoms with Gasteiger partial charge in [0.1, 0.15) is 24.1 Å². The number of nitrogens with zero attached hydrogens (tertiary/aromatic N) is 4. The number of rotatable bonds is 6. The lowest BCUT2D eigenvalue weighted by Gasteiger charge is -2.22. The van der Waals surface area contributed by atoms with Crippen molar-refractivity contribution in [2.45, 2.75) is 36.9 Å². The molecule has 5 atom stereocenters. The summed E-state index contributed by atoms with van der Waals surface area (Å²) in [7, 11) is 0. The van der Waals surface area contributed by atoms with Gasteiger partial charge in [-0.25, -0.2) is 15.0 Å². The minimum Gasteiger partial charge on any atom is -0.394 e. The fourth-order valence-electron chi connectivity index (χ4n) is 3.59. The summed E-state index contributed by atoms with van der Waals surface area (Å²) in [5.41, 5.74) is 13.5. The second-order valence-electron chi connectivity index (χ2n) is 7.15. The number of aromatic nitrogens is 4. The third-order valence-electron chi connectivity index (χ3n) is 5.16. The molecule has 1 fully saturated rings. The molecule has 7 N–H and O–H groups in total. The summed E-state index contributed by atoms with van der Waals surface area (Å²) in [6.07, 6.45) is 0.0907. The summed E-state index contributed by atoms with van der Waals surface area (Å²) in [5, 5.41) is 23.3. The van der Waals surface area contributed by atoms with E-state index < -0.39 is 43.0 Å². The molecule has 158 valence electrons. The molecule has 4 rings (SSSR count). The van der Waals surface area contributed by atoms with Crippen molar-refractivity contribution in [3.05, 3.63) is 48.5 Å². The lowest BCUT2D eigenvalue weighted by molar-refractivity contribution is -0.124. The summed E-state index contributed by atoms with van der Waals surface area (Å²) in [5.74, 6) is -0.255. The van der Waals surface area contributed by atoms with Crippen LogP contribution in [0.5, 0.6) is 0 Å². The standard InChI is InChI=1S/C19H23N7O4/c20-11(6-10-4-2-1-3-5-10)18(29)25-13-12(7-27)30-19(15(13)28)26-9-24-14-16(21)22-8-23-17(14)26/h1-5,8-9,11-13,15,19,27-28H,6-7,20H2,(H,25,29)(H2,21,22,23)/t11-,12+,13-,15-,19+/m1/s1. The second kappa shape index (κ2) is 8.32. The fraction of sp³-hybridized carbons (Fsp3) is 0.368. The molecule has 11 heteroatoms. The summed E-state index contributed by atoms with van der Waals surface area (Å²) in [6, 6.07) is 7.69. The highest BCUT2D eigenvalue weighted by Gasteiger charge is 2.46. The molecule has 0 aliphatic carbocycles. The minimum atomic E-state index is -1.18. The molecule has 1 aromatic carbocycles. The molecule has 11 nitrogen and oxygen atoms in total. The van der Waals surface area contributed by atoms with Crippen molar-refractivity contribution in [2.75, 3.05) is 12.3 Å². The topological polar surface area (TPSA) is 174 Å². The van der Waals surface area contributed by atoms with Crippen LogP contribution >= 0.6 is 0 Å². The number of benzene rings is 1.